The first kappa shape index (κ1) is 14.3. The molecule has 106 valence electrons. The van der Waals surface area contributed by atoms with Gasteiger partial charge in [0.25, 0.3) is 0 Å². The van der Waals surface area contributed by atoms with Gasteiger partial charge >= 0.3 is 0 Å². The summed E-state index contributed by atoms with van der Waals surface area (Å²) in [5.74, 6) is -0.249. The van der Waals surface area contributed by atoms with Gasteiger partial charge in [-0.15, -0.1) is 0 Å². The Morgan fingerprint density at radius 2 is 2.05 bits per heavy atom. The van der Waals surface area contributed by atoms with Crippen LogP contribution >= 0.6 is 0 Å². The molecule has 3 nitrogen and oxygen atoms in total. The Hall–Kier alpha value is -1.13. The molecule has 1 fully saturated rings. The molecular weight excluding hydrogens is 243 g/mol. The second-order valence-corrected chi connectivity index (χ2v) is 5.64. The third-order valence-corrected chi connectivity index (χ3v) is 3.90. The molecule has 0 spiro atoms. The standard InChI is InChI=1S/C15H23FN2O/c1-10-7-15(13(12(3)19)8-14(10)16)18-6-5-17(4)9-11(18)2/h7-8,11-12,19H,5-6,9H2,1-4H3. The molecule has 1 heterocycles. The highest BCUT2D eigenvalue weighted by Gasteiger charge is 2.25. The molecule has 0 radical (unpaired) electrons. The maximum Gasteiger partial charge on any atom is 0.126 e. The van der Waals surface area contributed by atoms with Crippen LogP contribution in [0.5, 0.6) is 0 Å². The fraction of sp³-hybridized carbons (Fsp3) is 0.600. The molecule has 2 unspecified atom stereocenters. The van der Waals surface area contributed by atoms with Crippen molar-refractivity contribution >= 4 is 5.69 Å². The van der Waals surface area contributed by atoms with Crippen molar-refractivity contribution in [3.05, 3.63) is 29.1 Å². The largest absolute Gasteiger partial charge is 0.389 e. The zero-order valence-electron chi connectivity index (χ0n) is 12.2. The number of anilines is 1. The second-order valence-electron chi connectivity index (χ2n) is 5.64. The molecule has 0 saturated carbocycles. The lowest BCUT2D eigenvalue weighted by Crippen LogP contribution is -2.50. The number of aliphatic hydroxyl groups is 1. The number of nitrogens with zero attached hydrogens (tertiary/aromatic N) is 2. The van der Waals surface area contributed by atoms with Gasteiger partial charge in [-0.1, -0.05) is 0 Å². The molecule has 1 saturated heterocycles. The van der Waals surface area contributed by atoms with E-state index < -0.39 is 6.10 Å². The summed E-state index contributed by atoms with van der Waals surface area (Å²) in [4.78, 5) is 4.56. The van der Waals surface area contributed by atoms with E-state index in [2.05, 4.69) is 23.8 Å². The Labute approximate surface area is 114 Å². The molecule has 1 aliphatic heterocycles. The fourth-order valence-corrected chi connectivity index (χ4v) is 2.76. The number of aryl methyl sites for hydroxylation is 1. The average molecular weight is 266 g/mol. The van der Waals surface area contributed by atoms with E-state index in [1.54, 1.807) is 13.8 Å². The first-order valence-electron chi connectivity index (χ1n) is 6.83. The van der Waals surface area contributed by atoms with E-state index in [0.29, 0.717) is 17.2 Å². The summed E-state index contributed by atoms with van der Waals surface area (Å²) in [6.45, 7) is 8.50. The molecule has 1 N–H and O–H groups in total. The van der Waals surface area contributed by atoms with Crippen molar-refractivity contribution in [2.24, 2.45) is 0 Å². The molecule has 1 aromatic carbocycles. The van der Waals surface area contributed by atoms with Gasteiger partial charge in [-0.25, -0.2) is 4.39 Å². The van der Waals surface area contributed by atoms with Gasteiger partial charge in [0.15, 0.2) is 0 Å². The van der Waals surface area contributed by atoms with E-state index >= 15 is 0 Å². The molecule has 2 atom stereocenters. The minimum absolute atomic E-state index is 0.249. The lowest BCUT2D eigenvalue weighted by Gasteiger charge is -2.41. The fourth-order valence-electron chi connectivity index (χ4n) is 2.76. The van der Waals surface area contributed by atoms with Gasteiger partial charge in [-0.05, 0) is 45.5 Å². The van der Waals surface area contributed by atoms with Crippen LogP contribution < -0.4 is 4.90 Å². The number of hydrogen-bond acceptors (Lipinski definition) is 3. The summed E-state index contributed by atoms with van der Waals surface area (Å²) >= 11 is 0. The van der Waals surface area contributed by atoms with Crippen molar-refractivity contribution in [2.45, 2.75) is 32.9 Å². The van der Waals surface area contributed by atoms with Crippen LogP contribution in [0.25, 0.3) is 0 Å². The lowest BCUT2D eigenvalue weighted by molar-refractivity contribution is 0.198. The molecule has 1 aromatic rings. The highest BCUT2D eigenvalue weighted by molar-refractivity contribution is 5.57. The zero-order chi connectivity index (χ0) is 14.2. The summed E-state index contributed by atoms with van der Waals surface area (Å²) in [5, 5.41) is 9.89. The van der Waals surface area contributed by atoms with Crippen LogP contribution in [-0.2, 0) is 0 Å². The molecule has 0 bridgehead atoms. The van der Waals surface area contributed by atoms with Gasteiger partial charge in [0.1, 0.15) is 5.82 Å². The molecule has 0 amide bonds. The van der Waals surface area contributed by atoms with Crippen LogP contribution in [0.1, 0.15) is 31.1 Å². The molecule has 4 heteroatoms. The van der Waals surface area contributed by atoms with Crippen LogP contribution in [0.3, 0.4) is 0 Å². The minimum atomic E-state index is -0.656. The van der Waals surface area contributed by atoms with E-state index in [0.717, 1.165) is 25.3 Å². The van der Waals surface area contributed by atoms with Crippen LogP contribution in [0.4, 0.5) is 10.1 Å². The van der Waals surface area contributed by atoms with Crippen LogP contribution in [0, 0.1) is 12.7 Å². The first-order chi connectivity index (χ1) is 8.90. The van der Waals surface area contributed by atoms with Gasteiger partial charge in [-0.2, -0.15) is 0 Å². The third kappa shape index (κ3) is 2.90. The van der Waals surface area contributed by atoms with Crippen molar-refractivity contribution in [3.8, 4) is 0 Å². The monoisotopic (exact) mass is 266 g/mol. The Balaban J connectivity index is 2.40. The van der Waals surface area contributed by atoms with E-state index in [1.807, 2.05) is 6.07 Å². The normalized spacial score (nSPS) is 22.6. The molecule has 2 rings (SSSR count). The minimum Gasteiger partial charge on any atom is -0.389 e. The van der Waals surface area contributed by atoms with Gasteiger partial charge in [0, 0.05) is 36.9 Å². The number of likely N-dealkylation sites (N-methyl/N-ethyl adjacent to an activating group) is 1. The Kier molecular flexibility index (Phi) is 4.11. The Morgan fingerprint density at radius 1 is 1.37 bits per heavy atom. The molecule has 19 heavy (non-hydrogen) atoms. The van der Waals surface area contributed by atoms with E-state index in [-0.39, 0.29) is 5.82 Å². The van der Waals surface area contributed by atoms with Gasteiger partial charge in [0.05, 0.1) is 6.10 Å². The maximum absolute atomic E-state index is 13.7. The maximum atomic E-state index is 13.7. The number of hydrogen-bond donors (Lipinski definition) is 1. The second kappa shape index (κ2) is 5.47. The summed E-state index contributed by atoms with van der Waals surface area (Å²) in [7, 11) is 2.11. The third-order valence-electron chi connectivity index (χ3n) is 3.90. The summed E-state index contributed by atoms with van der Waals surface area (Å²) in [6.07, 6.45) is -0.656. The highest BCUT2D eigenvalue weighted by atomic mass is 19.1. The van der Waals surface area contributed by atoms with Gasteiger partial charge in [-0.3, -0.25) is 0 Å². The quantitative estimate of drug-likeness (QED) is 0.890. The number of benzene rings is 1. The molecule has 0 aliphatic carbocycles. The summed E-state index contributed by atoms with van der Waals surface area (Å²) in [5.41, 5.74) is 2.28. The Morgan fingerprint density at radius 3 is 2.63 bits per heavy atom. The van der Waals surface area contributed by atoms with Crippen molar-refractivity contribution in [1.29, 1.82) is 0 Å². The Bertz CT molecular complexity index is 462. The van der Waals surface area contributed by atoms with Crippen molar-refractivity contribution in [2.75, 3.05) is 31.6 Å². The number of piperazine rings is 1. The van der Waals surface area contributed by atoms with Crippen LogP contribution in [0.2, 0.25) is 0 Å². The predicted molar refractivity (Wildman–Crippen MR) is 76.1 cm³/mol. The van der Waals surface area contributed by atoms with Crippen LogP contribution in [-0.4, -0.2) is 42.7 Å². The average Bonchev–Trinajstić information content (AvgIpc) is 2.32. The van der Waals surface area contributed by atoms with E-state index in [4.69, 9.17) is 0 Å². The summed E-state index contributed by atoms with van der Waals surface area (Å²) < 4.78 is 13.7. The highest BCUT2D eigenvalue weighted by Crippen LogP contribution is 2.31. The van der Waals surface area contributed by atoms with Gasteiger partial charge < -0.3 is 14.9 Å². The molecule has 1 aliphatic rings. The van der Waals surface area contributed by atoms with Crippen molar-refractivity contribution in [1.82, 2.24) is 4.90 Å². The van der Waals surface area contributed by atoms with Crippen molar-refractivity contribution in [3.63, 3.8) is 0 Å². The first-order valence-corrected chi connectivity index (χ1v) is 6.83. The smallest absolute Gasteiger partial charge is 0.126 e. The SMILES string of the molecule is Cc1cc(N2CCN(C)CC2C)c(C(C)O)cc1F. The topological polar surface area (TPSA) is 26.7 Å². The number of halogens is 1. The van der Waals surface area contributed by atoms with Gasteiger partial charge in [0.2, 0.25) is 0 Å². The van der Waals surface area contributed by atoms with Crippen molar-refractivity contribution < 1.29 is 9.50 Å². The predicted octanol–water partition coefficient (Wildman–Crippen LogP) is 2.33. The number of aliphatic hydroxyl groups excluding tert-OH is 1. The molecular formula is C15H23FN2O. The van der Waals surface area contributed by atoms with Crippen LogP contribution in [0.15, 0.2) is 12.1 Å². The number of rotatable bonds is 2. The van der Waals surface area contributed by atoms with E-state index in [1.165, 1.54) is 6.07 Å². The zero-order valence-corrected chi connectivity index (χ0v) is 12.2. The van der Waals surface area contributed by atoms with E-state index in [9.17, 15) is 9.50 Å². The molecule has 0 aromatic heterocycles. The summed E-state index contributed by atoms with van der Waals surface area (Å²) in [6, 6.07) is 3.70. The lowest BCUT2D eigenvalue weighted by atomic mass is 10.0.